The number of aromatic amines is 1. The molecule has 0 radical (unpaired) electrons. The molecular formula is C24H28ClN5O3. The van der Waals surface area contributed by atoms with E-state index in [0.29, 0.717) is 53.2 Å². The van der Waals surface area contributed by atoms with Gasteiger partial charge >= 0.3 is 0 Å². The van der Waals surface area contributed by atoms with Crippen molar-refractivity contribution in [1.29, 1.82) is 5.41 Å². The number of benzene rings is 1. The molecule has 0 atom stereocenters. The summed E-state index contributed by atoms with van der Waals surface area (Å²) in [6.45, 7) is 2.87. The number of aryl methyl sites for hydroxylation is 1. The molecule has 3 aromatic rings. The van der Waals surface area contributed by atoms with Gasteiger partial charge in [0.25, 0.3) is 5.56 Å². The van der Waals surface area contributed by atoms with Crippen LogP contribution in [0.2, 0.25) is 5.02 Å². The monoisotopic (exact) mass is 469 g/mol. The molecule has 0 aliphatic carbocycles. The molecule has 0 unspecified atom stereocenters. The van der Waals surface area contributed by atoms with E-state index in [-0.39, 0.29) is 12.2 Å². The molecule has 0 fully saturated rings. The fraction of sp³-hybridized carbons (Fsp3) is 0.333. The Morgan fingerprint density at radius 2 is 2.09 bits per heavy atom. The van der Waals surface area contributed by atoms with Crippen molar-refractivity contribution in [3.05, 3.63) is 80.0 Å². The second-order valence-corrected chi connectivity index (χ2v) is 8.07. The predicted molar refractivity (Wildman–Crippen MR) is 129 cm³/mol. The summed E-state index contributed by atoms with van der Waals surface area (Å²) in [7, 11) is 0. The van der Waals surface area contributed by atoms with Gasteiger partial charge in [0.05, 0.1) is 30.8 Å². The van der Waals surface area contributed by atoms with E-state index >= 15 is 0 Å². The largest absolute Gasteiger partial charge is 0.492 e. The van der Waals surface area contributed by atoms with Crippen LogP contribution in [-0.4, -0.2) is 32.9 Å². The van der Waals surface area contributed by atoms with E-state index in [9.17, 15) is 4.79 Å². The number of unbranched alkanes of at least 4 members (excludes halogenated alkanes) is 2. The van der Waals surface area contributed by atoms with Gasteiger partial charge < -0.3 is 20.6 Å². The van der Waals surface area contributed by atoms with E-state index < -0.39 is 0 Å². The van der Waals surface area contributed by atoms with Crippen LogP contribution in [0.4, 0.5) is 5.95 Å². The van der Waals surface area contributed by atoms with Crippen LogP contribution in [0, 0.1) is 12.3 Å². The van der Waals surface area contributed by atoms with Crippen LogP contribution in [-0.2, 0) is 19.6 Å². The second kappa shape index (κ2) is 12.1. The summed E-state index contributed by atoms with van der Waals surface area (Å²) in [6.07, 6.45) is 5.73. The van der Waals surface area contributed by atoms with Crippen molar-refractivity contribution < 1.29 is 9.84 Å². The van der Waals surface area contributed by atoms with Gasteiger partial charge in [-0.1, -0.05) is 23.7 Å². The van der Waals surface area contributed by atoms with Crippen molar-refractivity contribution in [2.24, 2.45) is 0 Å². The molecule has 2 aromatic heterocycles. The number of aromatic nitrogens is 3. The third kappa shape index (κ3) is 7.13. The van der Waals surface area contributed by atoms with Gasteiger partial charge in [0.2, 0.25) is 5.95 Å². The zero-order chi connectivity index (χ0) is 23.6. The van der Waals surface area contributed by atoms with Crippen LogP contribution in [0.3, 0.4) is 0 Å². The molecule has 1 aromatic carbocycles. The maximum absolute atomic E-state index is 12.6. The molecular weight excluding hydrogens is 442 g/mol. The lowest BCUT2D eigenvalue weighted by atomic mass is 10.1. The Morgan fingerprint density at radius 1 is 1.24 bits per heavy atom. The summed E-state index contributed by atoms with van der Waals surface area (Å²) >= 11 is 6.06. The van der Waals surface area contributed by atoms with Crippen molar-refractivity contribution in [3.8, 4) is 5.75 Å². The minimum atomic E-state index is -0.232. The third-order valence-corrected chi connectivity index (χ3v) is 5.59. The summed E-state index contributed by atoms with van der Waals surface area (Å²) in [5, 5.41) is 20.5. The van der Waals surface area contributed by atoms with Crippen molar-refractivity contribution in [3.63, 3.8) is 0 Å². The minimum Gasteiger partial charge on any atom is -0.492 e. The average molecular weight is 470 g/mol. The Labute approximate surface area is 197 Å². The fourth-order valence-corrected chi connectivity index (χ4v) is 3.44. The number of hydrogen-bond donors (Lipinski definition) is 4. The molecule has 9 heteroatoms. The number of nitrogens with zero attached hydrogens (tertiary/aromatic N) is 2. The fourth-order valence-electron chi connectivity index (χ4n) is 3.32. The first-order valence-corrected chi connectivity index (χ1v) is 11.2. The zero-order valence-corrected chi connectivity index (χ0v) is 19.3. The number of aliphatic hydroxyl groups excluding tert-OH is 1. The number of hydrogen-bond acceptors (Lipinski definition) is 7. The van der Waals surface area contributed by atoms with Crippen LogP contribution in [0.5, 0.6) is 5.75 Å². The van der Waals surface area contributed by atoms with Gasteiger partial charge in [0, 0.05) is 23.3 Å². The number of halogens is 1. The summed E-state index contributed by atoms with van der Waals surface area (Å²) in [4.78, 5) is 23.8. The molecule has 2 heterocycles. The molecule has 0 aliphatic rings. The maximum atomic E-state index is 12.6. The Kier molecular flexibility index (Phi) is 8.97. The Morgan fingerprint density at radius 3 is 2.79 bits per heavy atom. The number of pyridine rings is 1. The van der Waals surface area contributed by atoms with Crippen molar-refractivity contribution in [2.45, 2.75) is 45.8 Å². The number of rotatable bonds is 12. The highest BCUT2D eigenvalue weighted by Gasteiger charge is 2.10. The molecule has 0 amide bonds. The van der Waals surface area contributed by atoms with E-state index in [1.54, 1.807) is 18.3 Å². The van der Waals surface area contributed by atoms with Crippen molar-refractivity contribution >= 4 is 23.8 Å². The van der Waals surface area contributed by atoms with E-state index in [1.165, 1.54) is 0 Å². The SMILES string of the molecule is Cc1cc(CNc2nc(C=N)c(CCCCCOc3ccc(CO)nc3)c(=O)[nH]2)ccc1Cl. The molecule has 0 aliphatic heterocycles. The Balaban J connectivity index is 1.48. The smallest absolute Gasteiger partial charge is 0.256 e. The van der Waals surface area contributed by atoms with Crippen molar-refractivity contribution in [2.75, 3.05) is 11.9 Å². The number of aliphatic hydroxyl groups is 1. The highest BCUT2D eigenvalue weighted by atomic mass is 35.5. The van der Waals surface area contributed by atoms with Gasteiger partial charge in [-0.25, -0.2) is 4.98 Å². The van der Waals surface area contributed by atoms with Gasteiger partial charge in [-0.2, -0.15) is 0 Å². The molecule has 4 N–H and O–H groups in total. The maximum Gasteiger partial charge on any atom is 0.256 e. The summed E-state index contributed by atoms with van der Waals surface area (Å²) < 4.78 is 5.64. The quantitative estimate of drug-likeness (QED) is 0.234. The van der Waals surface area contributed by atoms with Gasteiger partial charge in [-0.15, -0.1) is 0 Å². The first-order chi connectivity index (χ1) is 16.0. The molecule has 0 saturated carbocycles. The predicted octanol–water partition coefficient (Wildman–Crippen LogP) is 4.02. The Hall–Kier alpha value is -3.23. The lowest BCUT2D eigenvalue weighted by Gasteiger charge is -2.10. The second-order valence-electron chi connectivity index (χ2n) is 7.66. The topological polar surface area (TPSA) is 124 Å². The first-order valence-electron chi connectivity index (χ1n) is 10.8. The van der Waals surface area contributed by atoms with Crippen LogP contribution in [0.15, 0.2) is 41.3 Å². The molecule has 3 rings (SSSR count). The number of H-pyrrole nitrogens is 1. The van der Waals surface area contributed by atoms with Gasteiger partial charge in [0.15, 0.2) is 0 Å². The van der Waals surface area contributed by atoms with Crippen LogP contribution in [0.25, 0.3) is 0 Å². The molecule has 33 heavy (non-hydrogen) atoms. The number of nitrogens with one attached hydrogen (secondary N) is 3. The van der Waals surface area contributed by atoms with Crippen LogP contribution < -0.4 is 15.6 Å². The van der Waals surface area contributed by atoms with E-state index in [4.69, 9.17) is 26.9 Å². The highest BCUT2D eigenvalue weighted by molar-refractivity contribution is 6.31. The molecule has 0 bridgehead atoms. The number of anilines is 1. The summed E-state index contributed by atoms with van der Waals surface area (Å²) in [6, 6.07) is 9.23. The summed E-state index contributed by atoms with van der Waals surface area (Å²) in [5.74, 6) is 1.000. The average Bonchev–Trinajstić information content (AvgIpc) is 2.83. The lowest BCUT2D eigenvalue weighted by Crippen LogP contribution is -2.20. The van der Waals surface area contributed by atoms with Crippen LogP contribution in [0.1, 0.15) is 47.3 Å². The molecule has 174 valence electrons. The van der Waals surface area contributed by atoms with Crippen molar-refractivity contribution in [1.82, 2.24) is 15.0 Å². The third-order valence-electron chi connectivity index (χ3n) is 5.17. The highest BCUT2D eigenvalue weighted by Crippen LogP contribution is 2.17. The molecule has 0 saturated heterocycles. The molecule has 0 spiro atoms. The lowest BCUT2D eigenvalue weighted by molar-refractivity contribution is 0.275. The van der Waals surface area contributed by atoms with E-state index in [2.05, 4.69) is 20.3 Å². The molecule has 8 nitrogen and oxygen atoms in total. The van der Waals surface area contributed by atoms with E-state index in [0.717, 1.165) is 36.6 Å². The van der Waals surface area contributed by atoms with Gasteiger partial charge in [-0.3, -0.25) is 14.8 Å². The normalized spacial score (nSPS) is 10.8. The summed E-state index contributed by atoms with van der Waals surface area (Å²) in [5.41, 5.74) is 3.26. The standard InChI is InChI=1S/C24H28ClN5O3/c1-16-11-17(6-9-21(16)25)13-28-24-29-22(12-26)20(23(32)30-24)5-3-2-4-10-33-19-8-7-18(15-31)27-14-19/h6-9,11-12,14,26,31H,2-5,10,13,15H2,1H3,(H2,28,29,30,32). The first kappa shape index (κ1) is 24.4. The minimum absolute atomic E-state index is 0.0922. The van der Waals surface area contributed by atoms with Gasteiger partial charge in [0.1, 0.15) is 5.75 Å². The van der Waals surface area contributed by atoms with Gasteiger partial charge in [-0.05, 0) is 61.9 Å². The van der Waals surface area contributed by atoms with Crippen LogP contribution >= 0.6 is 11.6 Å². The number of ether oxygens (including phenoxy) is 1. The zero-order valence-electron chi connectivity index (χ0n) is 18.5. The Bertz CT molecular complexity index is 1130. The van der Waals surface area contributed by atoms with E-state index in [1.807, 2.05) is 25.1 Å².